The highest BCUT2D eigenvalue weighted by molar-refractivity contribution is 5.96. The fourth-order valence-electron chi connectivity index (χ4n) is 4.79. The van der Waals surface area contributed by atoms with Crippen molar-refractivity contribution in [2.45, 2.75) is 19.3 Å². The van der Waals surface area contributed by atoms with Gasteiger partial charge in [0.05, 0.1) is 19.9 Å². The van der Waals surface area contributed by atoms with Crippen LogP contribution in [0.1, 0.15) is 19.3 Å². The van der Waals surface area contributed by atoms with Crippen LogP contribution in [0, 0.1) is 29.6 Å². The highest BCUT2D eigenvalue weighted by Gasteiger charge is 2.67. The van der Waals surface area contributed by atoms with Crippen LogP contribution in [-0.2, 0) is 4.79 Å². The molecule has 1 aromatic carbocycles. The molecule has 0 radical (unpaired) electrons. The zero-order chi connectivity index (χ0) is 14.6. The van der Waals surface area contributed by atoms with E-state index in [-0.39, 0.29) is 11.8 Å². The van der Waals surface area contributed by atoms with Gasteiger partial charge in [-0.2, -0.15) is 0 Å². The zero-order valence-electron chi connectivity index (χ0n) is 12.5. The quantitative estimate of drug-likeness (QED) is 0.926. The minimum absolute atomic E-state index is 0.171. The Hall–Kier alpha value is -1.71. The molecule has 4 rings (SSSR count). The van der Waals surface area contributed by atoms with Crippen LogP contribution in [0.25, 0.3) is 0 Å². The van der Waals surface area contributed by atoms with Gasteiger partial charge in [0.1, 0.15) is 11.5 Å². The van der Waals surface area contributed by atoms with Crippen LogP contribution in [0.15, 0.2) is 18.2 Å². The Bertz CT molecular complexity index is 569. The van der Waals surface area contributed by atoms with Crippen molar-refractivity contribution in [3.63, 3.8) is 0 Å². The molecular weight excluding hydrogens is 266 g/mol. The molecule has 3 aliphatic carbocycles. The molecular formula is C17H21NO3. The molecule has 4 atom stereocenters. The Balaban J connectivity index is 1.48. The van der Waals surface area contributed by atoms with Crippen molar-refractivity contribution in [3.05, 3.63) is 18.2 Å². The molecule has 1 N–H and O–H groups in total. The summed E-state index contributed by atoms with van der Waals surface area (Å²) in [4.78, 5) is 12.5. The number of nitrogens with one attached hydrogen (secondary N) is 1. The van der Waals surface area contributed by atoms with Crippen LogP contribution in [-0.4, -0.2) is 20.1 Å². The van der Waals surface area contributed by atoms with E-state index in [0.717, 1.165) is 23.3 Å². The first-order chi connectivity index (χ1) is 10.2. The number of carbonyl (C=O) groups is 1. The smallest absolute Gasteiger partial charge is 0.228 e. The van der Waals surface area contributed by atoms with Crippen LogP contribution >= 0.6 is 0 Å². The van der Waals surface area contributed by atoms with Gasteiger partial charge in [-0.1, -0.05) is 0 Å². The van der Waals surface area contributed by atoms with E-state index < -0.39 is 0 Å². The third-order valence-electron chi connectivity index (χ3n) is 5.70. The molecule has 21 heavy (non-hydrogen) atoms. The van der Waals surface area contributed by atoms with Crippen LogP contribution in [0.2, 0.25) is 0 Å². The third kappa shape index (κ3) is 1.92. The van der Waals surface area contributed by atoms with Crippen LogP contribution in [0.5, 0.6) is 11.5 Å². The first-order valence-electron chi connectivity index (χ1n) is 7.76. The summed E-state index contributed by atoms with van der Waals surface area (Å²) in [6.07, 6.45) is 4.04. The van der Waals surface area contributed by atoms with Gasteiger partial charge in [0.2, 0.25) is 5.91 Å². The largest absolute Gasteiger partial charge is 0.497 e. The van der Waals surface area contributed by atoms with E-state index in [1.807, 2.05) is 12.1 Å². The Morgan fingerprint density at radius 1 is 1.14 bits per heavy atom. The summed E-state index contributed by atoms with van der Waals surface area (Å²) in [5, 5.41) is 3.05. The molecule has 0 heterocycles. The lowest BCUT2D eigenvalue weighted by molar-refractivity contribution is -0.118. The van der Waals surface area contributed by atoms with E-state index in [9.17, 15) is 4.79 Å². The molecule has 0 aromatic heterocycles. The summed E-state index contributed by atoms with van der Waals surface area (Å²) in [5.74, 6) is 4.74. The summed E-state index contributed by atoms with van der Waals surface area (Å²) in [7, 11) is 3.23. The van der Waals surface area contributed by atoms with Gasteiger partial charge in [0, 0.05) is 12.0 Å². The second-order valence-electron chi connectivity index (χ2n) is 6.57. The highest BCUT2D eigenvalue weighted by Crippen LogP contribution is 2.69. The second-order valence-corrected chi connectivity index (χ2v) is 6.57. The van der Waals surface area contributed by atoms with Gasteiger partial charge in [-0.05, 0) is 55.1 Å². The first kappa shape index (κ1) is 13.0. The van der Waals surface area contributed by atoms with Gasteiger partial charge in [0.25, 0.3) is 0 Å². The van der Waals surface area contributed by atoms with Crippen molar-refractivity contribution in [3.8, 4) is 11.5 Å². The number of hydrogen-bond donors (Lipinski definition) is 1. The summed E-state index contributed by atoms with van der Waals surface area (Å²) in [6, 6.07) is 5.49. The number of anilines is 1. The van der Waals surface area contributed by atoms with Crippen molar-refractivity contribution in [2.24, 2.45) is 29.6 Å². The van der Waals surface area contributed by atoms with Crippen LogP contribution in [0.3, 0.4) is 0 Å². The van der Waals surface area contributed by atoms with E-state index in [1.54, 1.807) is 20.3 Å². The normalized spacial score (nSPS) is 35.2. The summed E-state index contributed by atoms with van der Waals surface area (Å²) in [5.41, 5.74) is 0.737. The molecule has 4 heteroatoms. The summed E-state index contributed by atoms with van der Waals surface area (Å²) >= 11 is 0. The minimum Gasteiger partial charge on any atom is -0.497 e. The number of hydrogen-bond acceptors (Lipinski definition) is 3. The lowest BCUT2D eigenvalue weighted by Crippen LogP contribution is -2.19. The molecule has 1 amide bonds. The fraction of sp³-hybridized carbons (Fsp3) is 0.588. The Morgan fingerprint density at radius 3 is 2.48 bits per heavy atom. The van der Waals surface area contributed by atoms with Crippen molar-refractivity contribution in [2.75, 3.05) is 19.5 Å². The van der Waals surface area contributed by atoms with Gasteiger partial charge in [-0.3, -0.25) is 4.79 Å². The maximum atomic E-state index is 12.5. The fourth-order valence-corrected chi connectivity index (χ4v) is 4.79. The molecule has 2 bridgehead atoms. The topological polar surface area (TPSA) is 47.6 Å². The van der Waals surface area contributed by atoms with Crippen molar-refractivity contribution < 1.29 is 14.3 Å². The Kier molecular flexibility index (Phi) is 2.88. The molecule has 112 valence electrons. The van der Waals surface area contributed by atoms with Gasteiger partial charge in [-0.25, -0.2) is 0 Å². The van der Waals surface area contributed by atoms with E-state index >= 15 is 0 Å². The lowest BCUT2D eigenvalue weighted by atomic mass is 10.0. The van der Waals surface area contributed by atoms with Crippen LogP contribution < -0.4 is 14.8 Å². The monoisotopic (exact) mass is 287 g/mol. The number of fused-ring (bicyclic) bond motifs is 5. The minimum atomic E-state index is 0.171. The van der Waals surface area contributed by atoms with Crippen molar-refractivity contribution in [1.29, 1.82) is 0 Å². The number of methoxy groups -OCH3 is 2. The highest BCUT2D eigenvalue weighted by atomic mass is 16.5. The Morgan fingerprint density at radius 2 is 1.86 bits per heavy atom. The molecule has 3 aliphatic rings. The molecule has 4 nitrogen and oxygen atoms in total. The number of carbonyl (C=O) groups excluding carboxylic acids is 1. The van der Waals surface area contributed by atoms with E-state index in [1.165, 1.54) is 19.3 Å². The summed E-state index contributed by atoms with van der Waals surface area (Å²) < 4.78 is 10.5. The summed E-state index contributed by atoms with van der Waals surface area (Å²) in [6.45, 7) is 0. The lowest BCUT2D eigenvalue weighted by Gasteiger charge is -2.13. The molecule has 4 unspecified atom stereocenters. The zero-order valence-corrected chi connectivity index (χ0v) is 12.5. The Labute approximate surface area is 124 Å². The molecule has 1 aromatic rings. The predicted octanol–water partition coefficient (Wildman–Crippen LogP) is 2.93. The molecule has 3 saturated carbocycles. The molecule has 0 saturated heterocycles. The predicted molar refractivity (Wildman–Crippen MR) is 79.5 cm³/mol. The van der Waals surface area contributed by atoms with Crippen molar-refractivity contribution in [1.82, 2.24) is 0 Å². The van der Waals surface area contributed by atoms with Gasteiger partial charge < -0.3 is 14.8 Å². The SMILES string of the molecule is COc1ccc(NC(=O)C2C3C4CCC(C4)C23)c(OC)c1. The second kappa shape index (κ2) is 4.65. The van der Waals surface area contributed by atoms with Gasteiger partial charge in [-0.15, -0.1) is 0 Å². The third-order valence-corrected chi connectivity index (χ3v) is 5.70. The van der Waals surface area contributed by atoms with Gasteiger partial charge in [0.15, 0.2) is 0 Å². The van der Waals surface area contributed by atoms with E-state index in [0.29, 0.717) is 17.6 Å². The van der Waals surface area contributed by atoms with E-state index in [2.05, 4.69) is 5.32 Å². The maximum absolute atomic E-state index is 12.5. The number of benzene rings is 1. The first-order valence-corrected chi connectivity index (χ1v) is 7.76. The molecule has 0 aliphatic heterocycles. The molecule has 3 fully saturated rings. The van der Waals surface area contributed by atoms with E-state index in [4.69, 9.17) is 9.47 Å². The van der Waals surface area contributed by atoms with Crippen molar-refractivity contribution >= 4 is 11.6 Å². The number of rotatable bonds is 4. The van der Waals surface area contributed by atoms with Crippen LogP contribution in [0.4, 0.5) is 5.69 Å². The molecule has 0 spiro atoms. The standard InChI is InChI=1S/C17H21NO3/c1-20-11-5-6-12(13(8-11)21-2)18-17(19)16-14-9-3-4-10(7-9)15(14)16/h5-6,8-10,14-16H,3-4,7H2,1-2H3,(H,18,19). The average Bonchev–Trinajstić information content (AvgIpc) is 2.96. The number of amides is 1. The number of ether oxygens (including phenoxy) is 2. The maximum Gasteiger partial charge on any atom is 0.228 e. The average molecular weight is 287 g/mol. The van der Waals surface area contributed by atoms with Gasteiger partial charge >= 0.3 is 0 Å².